The van der Waals surface area contributed by atoms with Gasteiger partial charge in [-0.1, -0.05) is 0 Å². The summed E-state index contributed by atoms with van der Waals surface area (Å²) in [7, 11) is 0. The zero-order chi connectivity index (χ0) is 13.7. The number of aliphatic hydroxyl groups is 1. The minimum Gasteiger partial charge on any atom is -0.392 e. The molecule has 2 aliphatic heterocycles. The van der Waals surface area contributed by atoms with E-state index in [1.165, 1.54) is 0 Å². The summed E-state index contributed by atoms with van der Waals surface area (Å²) in [6, 6.07) is 0. The lowest BCUT2D eigenvalue weighted by Crippen LogP contribution is -2.46. The smallest absolute Gasteiger partial charge is 0.241 e. The molecule has 1 atom stereocenters. The number of carbonyl (C=O) groups is 2. The second kappa shape index (κ2) is 6.86. The topological polar surface area (TPSA) is 72.9 Å². The molecule has 0 spiro atoms. The van der Waals surface area contributed by atoms with Crippen molar-refractivity contribution in [3.8, 4) is 0 Å². The normalized spacial score (nSPS) is 24.5. The van der Waals surface area contributed by atoms with E-state index >= 15 is 0 Å². The standard InChI is InChI=1S/C13H23N3O3/c17-11-4-3-5-15(9-11)10-12(18)14-8-13(19)16-6-1-2-7-16/h11,17H,1-10H2,(H,14,18). The second-order valence-electron chi connectivity index (χ2n) is 5.40. The number of carbonyl (C=O) groups excluding carboxylic acids is 2. The molecule has 108 valence electrons. The first-order valence-electron chi connectivity index (χ1n) is 7.10. The van der Waals surface area contributed by atoms with Gasteiger partial charge in [-0.3, -0.25) is 14.5 Å². The molecule has 2 fully saturated rings. The van der Waals surface area contributed by atoms with Crippen molar-refractivity contribution in [2.24, 2.45) is 0 Å². The van der Waals surface area contributed by atoms with Crippen LogP contribution in [0.5, 0.6) is 0 Å². The predicted molar refractivity (Wildman–Crippen MR) is 70.5 cm³/mol. The third-order valence-electron chi connectivity index (χ3n) is 3.74. The van der Waals surface area contributed by atoms with Crippen molar-refractivity contribution in [1.29, 1.82) is 0 Å². The van der Waals surface area contributed by atoms with Gasteiger partial charge >= 0.3 is 0 Å². The van der Waals surface area contributed by atoms with Crippen molar-refractivity contribution in [2.75, 3.05) is 39.3 Å². The van der Waals surface area contributed by atoms with Crippen LogP contribution < -0.4 is 5.32 Å². The number of β-amino-alcohol motifs (C(OH)–C–C–N with tert-alkyl or cyclic N) is 1. The van der Waals surface area contributed by atoms with Gasteiger partial charge in [0.2, 0.25) is 11.8 Å². The van der Waals surface area contributed by atoms with Crippen molar-refractivity contribution in [3.05, 3.63) is 0 Å². The fourth-order valence-corrected chi connectivity index (χ4v) is 2.69. The average molecular weight is 269 g/mol. The summed E-state index contributed by atoms with van der Waals surface area (Å²) < 4.78 is 0. The van der Waals surface area contributed by atoms with Crippen molar-refractivity contribution in [2.45, 2.75) is 31.8 Å². The quantitative estimate of drug-likeness (QED) is 0.699. The van der Waals surface area contributed by atoms with E-state index in [9.17, 15) is 14.7 Å². The van der Waals surface area contributed by atoms with Gasteiger partial charge in [0.05, 0.1) is 19.2 Å². The van der Waals surface area contributed by atoms with E-state index in [0.29, 0.717) is 6.54 Å². The first kappa shape index (κ1) is 14.3. The number of nitrogens with one attached hydrogen (secondary N) is 1. The highest BCUT2D eigenvalue weighted by molar-refractivity contribution is 5.85. The van der Waals surface area contributed by atoms with Gasteiger partial charge < -0.3 is 15.3 Å². The van der Waals surface area contributed by atoms with Crippen LogP contribution in [0.25, 0.3) is 0 Å². The number of rotatable bonds is 4. The van der Waals surface area contributed by atoms with Gasteiger partial charge in [-0.05, 0) is 32.2 Å². The minimum absolute atomic E-state index is 0.00419. The van der Waals surface area contributed by atoms with Gasteiger partial charge in [0.25, 0.3) is 0 Å². The molecule has 0 saturated carbocycles. The van der Waals surface area contributed by atoms with Gasteiger partial charge in [0, 0.05) is 19.6 Å². The molecule has 2 saturated heterocycles. The number of likely N-dealkylation sites (tertiary alicyclic amines) is 2. The number of hydrogen-bond donors (Lipinski definition) is 2. The molecule has 2 N–H and O–H groups in total. The van der Waals surface area contributed by atoms with Crippen molar-refractivity contribution < 1.29 is 14.7 Å². The van der Waals surface area contributed by atoms with Gasteiger partial charge in [0.15, 0.2) is 0 Å². The molecule has 0 aromatic carbocycles. The Hall–Kier alpha value is -1.14. The monoisotopic (exact) mass is 269 g/mol. The molecule has 2 aliphatic rings. The summed E-state index contributed by atoms with van der Waals surface area (Å²) in [4.78, 5) is 27.2. The molecule has 2 heterocycles. The van der Waals surface area contributed by atoms with Crippen LogP contribution in [0.2, 0.25) is 0 Å². The van der Waals surface area contributed by atoms with Crippen LogP contribution in [0.4, 0.5) is 0 Å². The van der Waals surface area contributed by atoms with Crippen LogP contribution in [0.3, 0.4) is 0 Å². The zero-order valence-electron chi connectivity index (χ0n) is 11.3. The van der Waals surface area contributed by atoms with Gasteiger partial charge in [-0.15, -0.1) is 0 Å². The second-order valence-corrected chi connectivity index (χ2v) is 5.40. The summed E-state index contributed by atoms with van der Waals surface area (Å²) >= 11 is 0. The number of nitrogens with zero attached hydrogens (tertiary/aromatic N) is 2. The van der Waals surface area contributed by atoms with Crippen LogP contribution in [0.1, 0.15) is 25.7 Å². The lowest BCUT2D eigenvalue weighted by atomic mass is 10.1. The Balaban J connectivity index is 1.65. The molecule has 19 heavy (non-hydrogen) atoms. The molecule has 6 nitrogen and oxygen atoms in total. The maximum atomic E-state index is 11.8. The lowest BCUT2D eigenvalue weighted by molar-refractivity contribution is -0.132. The Kier molecular flexibility index (Phi) is 5.15. The van der Waals surface area contributed by atoms with Gasteiger partial charge in [-0.2, -0.15) is 0 Å². The summed E-state index contributed by atoms with van der Waals surface area (Å²) in [6.45, 7) is 3.37. The highest BCUT2D eigenvalue weighted by atomic mass is 16.3. The summed E-state index contributed by atoms with van der Waals surface area (Å²) in [5.41, 5.74) is 0. The maximum Gasteiger partial charge on any atom is 0.241 e. The van der Waals surface area contributed by atoms with Crippen molar-refractivity contribution in [3.63, 3.8) is 0 Å². The Morgan fingerprint density at radius 1 is 1.16 bits per heavy atom. The van der Waals surface area contributed by atoms with E-state index in [4.69, 9.17) is 0 Å². The number of amides is 2. The molecule has 0 aliphatic carbocycles. The highest BCUT2D eigenvalue weighted by Crippen LogP contribution is 2.09. The lowest BCUT2D eigenvalue weighted by Gasteiger charge is -2.29. The summed E-state index contributed by atoms with van der Waals surface area (Å²) in [5, 5.41) is 12.2. The van der Waals surface area contributed by atoms with Crippen molar-refractivity contribution in [1.82, 2.24) is 15.1 Å². The van der Waals surface area contributed by atoms with Crippen LogP contribution in [0, 0.1) is 0 Å². The van der Waals surface area contributed by atoms with E-state index in [1.54, 1.807) is 4.90 Å². The van der Waals surface area contributed by atoms with E-state index in [0.717, 1.165) is 45.3 Å². The van der Waals surface area contributed by atoms with Crippen LogP contribution >= 0.6 is 0 Å². The van der Waals surface area contributed by atoms with Crippen molar-refractivity contribution >= 4 is 11.8 Å². The first-order chi connectivity index (χ1) is 9.15. The fraction of sp³-hybridized carbons (Fsp3) is 0.846. The largest absolute Gasteiger partial charge is 0.392 e. The third kappa shape index (κ3) is 4.47. The number of hydrogen-bond acceptors (Lipinski definition) is 4. The maximum absolute atomic E-state index is 11.8. The molecular formula is C13H23N3O3. The van der Waals surface area contributed by atoms with Crippen LogP contribution in [-0.2, 0) is 9.59 Å². The van der Waals surface area contributed by atoms with E-state index in [1.807, 2.05) is 4.90 Å². The number of piperidine rings is 1. The third-order valence-corrected chi connectivity index (χ3v) is 3.74. The Morgan fingerprint density at radius 2 is 1.89 bits per heavy atom. The molecule has 0 bridgehead atoms. The van der Waals surface area contributed by atoms with Gasteiger partial charge in [0.1, 0.15) is 0 Å². The first-order valence-corrected chi connectivity index (χ1v) is 7.10. The molecule has 0 aromatic rings. The predicted octanol–water partition coefficient (Wildman–Crippen LogP) is -0.818. The van der Waals surface area contributed by atoms with Crippen LogP contribution in [-0.4, -0.2) is 72.1 Å². The summed E-state index contributed by atoms with van der Waals surface area (Å²) in [5.74, 6) is -0.133. The van der Waals surface area contributed by atoms with E-state index in [2.05, 4.69) is 5.32 Å². The number of aliphatic hydroxyl groups excluding tert-OH is 1. The summed E-state index contributed by atoms with van der Waals surface area (Å²) in [6.07, 6.45) is 3.52. The van der Waals surface area contributed by atoms with E-state index < -0.39 is 0 Å². The SMILES string of the molecule is O=C(CN1CCCC(O)C1)NCC(=O)N1CCCC1. The Labute approximate surface area is 113 Å². The highest BCUT2D eigenvalue weighted by Gasteiger charge is 2.21. The molecular weight excluding hydrogens is 246 g/mol. The van der Waals surface area contributed by atoms with Gasteiger partial charge in [-0.25, -0.2) is 0 Å². The molecule has 2 amide bonds. The fourth-order valence-electron chi connectivity index (χ4n) is 2.69. The average Bonchev–Trinajstić information content (AvgIpc) is 2.90. The molecule has 0 aromatic heterocycles. The molecule has 0 radical (unpaired) electrons. The molecule has 2 rings (SSSR count). The Morgan fingerprint density at radius 3 is 2.58 bits per heavy atom. The molecule has 1 unspecified atom stereocenters. The minimum atomic E-state index is -0.326. The van der Waals surface area contributed by atoms with E-state index in [-0.39, 0.29) is 31.0 Å². The Bertz CT molecular complexity index is 329. The molecule has 6 heteroatoms. The zero-order valence-corrected chi connectivity index (χ0v) is 11.3. The van der Waals surface area contributed by atoms with Crippen LogP contribution in [0.15, 0.2) is 0 Å².